The van der Waals surface area contributed by atoms with Crippen molar-refractivity contribution in [1.82, 2.24) is 0 Å². The van der Waals surface area contributed by atoms with Crippen molar-refractivity contribution < 1.29 is 30.0 Å². The van der Waals surface area contributed by atoms with E-state index in [1.54, 1.807) is 0 Å². The van der Waals surface area contributed by atoms with E-state index in [1.165, 1.54) is 0 Å². The fraction of sp³-hybridized carbons (Fsp3) is 0.667. The fourth-order valence-electron chi connectivity index (χ4n) is 0.615. The largest absolute Gasteiger partial charge is 0.387 e. The highest BCUT2D eigenvalue weighted by molar-refractivity contribution is 7.96. The zero-order chi connectivity index (χ0) is 10.6. The summed E-state index contributed by atoms with van der Waals surface area (Å²) in [5.41, 5.74) is 0. The summed E-state index contributed by atoms with van der Waals surface area (Å²) in [7, 11) is 0. The van der Waals surface area contributed by atoms with Gasteiger partial charge in [-0.05, 0) is 0 Å². The number of carbonyl (C=O) groups excluding carboxylic acids is 2. The Hall–Kier alpha value is -0.470. The lowest BCUT2D eigenvalue weighted by atomic mass is 10.0. The van der Waals surface area contributed by atoms with Crippen LogP contribution in [0.4, 0.5) is 0 Å². The summed E-state index contributed by atoms with van der Waals surface area (Å²) in [6, 6.07) is 0. The number of hydrogen-bond donors (Lipinski definition) is 5. The summed E-state index contributed by atoms with van der Waals surface area (Å²) in [5, 5.41) is 34.4. The summed E-state index contributed by atoms with van der Waals surface area (Å²) >= 11 is 3.19. The van der Waals surface area contributed by atoms with E-state index in [9.17, 15) is 9.59 Å². The van der Waals surface area contributed by atoms with E-state index < -0.39 is 29.5 Å². The number of thiol groups is 1. The van der Waals surface area contributed by atoms with Gasteiger partial charge in [0.1, 0.15) is 18.3 Å². The average molecular weight is 210 g/mol. The number of hydrogen-bond acceptors (Lipinski definition) is 6. The first-order valence-electron chi connectivity index (χ1n) is 3.32. The molecule has 0 saturated carbocycles. The summed E-state index contributed by atoms with van der Waals surface area (Å²) < 4.78 is 0. The lowest BCUT2D eigenvalue weighted by Gasteiger charge is -2.21. The van der Waals surface area contributed by atoms with E-state index in [-0.39, 0.29) is 6.29 Å². The first-order valence-corrected chi connectivity index (χ1v) is 3.77. The standard InChI is InChI=1S/C6H10O6S/c7-1-2(8)3(9)4(10)5(11)6(12)13/h1-5,8-11H,(H,12,13)/t2-,3+,4-,5-/m0/s1. The van der Waals surface area contributed by atoms with Gasteiger partial charge in [0.2, 0.25) is 5.12 Å². The third-order valence-corrected chi connectivity index (χ3v) is 1.68. The normalized spacial score (nSPS) is 20.1. The SMILES string of the molecule is O=C[C@H](O)[C@@H](O)[C@H](O)[C@H](O)C(=O)S. The van der Waals surface area contributed by atoms with E-state index in [1.807, 2.05) is 0 Å². The Bertz CT molecular complexity index is 196. The highest BCUT2D eigenvalue weighted by Gasteiger charge is 2.32. The quantitative estimate of drug-likeness (QED) is 0.245. The highest BCUT2D eigenvalue weighted by atomic mass is 32.1. The van der Waals surface area contributed by atoms with Gasteiger partial charge in [0.05, 0.1) is 0 Å². The third-order valence-electron chi connectivity index (χ3n) is 1.42. The van der Waals surface area contributed by atoms with Crippen LogP contribution in [0.15, 0.2) is 0 Å². The van der Waals surface area contributed by atoms with Crippen molar-refractivity contribution in [2.45, 2.75) is 24.4 Å². The Kier molecular flexibility index (Phi) is 5.11. The number of aliphatic hydroxyl groups is 4. The van der Waals surface area contributed by atoms with Crippen molar-refractivity contribution in [3.8, 4) is 0 Å². The maximum absolute atomic E-state index is 10.4. The molecule has 0 amide bonds. The first-order chi connectivity index (χ1) is 5.91. The molecule has 0 rings (SSSR count). The molecule has 0 aromatic heterocycles. The van der Waals surface area contributed by atoms with Crippen LogP contribution in [0.5, 0.6) is 0 Å². The van der Waals surface area contributed by atoms with Crippen LogP contribution in [0.2, 0.25) is 0 Å². The van der Waals surface area contributed by atoms with E-state index in [4.69, 9.17) is 20.4 Å². The molecule has 7 heteroatoms. The topological polar surface area (TPSA) is 115 Å². The van der Waals surface area contributed by atoms with Crippen LogP contribution in [0, 0.1) is 0 Å². The van der Waals surface area contributed by atoms with Crippen molar-refractivity contribution in [2.24, 2.45) is 0 Å². The van der Waals surface area contributed by atoms with Crippen molar-refractivity contribution in [2.75, 3.05) is 0 Å². The third kappa shape index (κ3) is 3.41. The van der Waals surface area contributed by atoms with Crippen molar-refractivity contribution >= 4 is 24.0 Å². The van der Waals surface area contributed by atoms with Crippen LogP contribution in [0.25, 0.3) is 0 Å². The molecule has 0 spiro atoms. The second-order valence-corrected chi connectivity index (χ2v) is 2.83. The molecule has 0 radical (unpaired) electrons. The Balaban J connectivity index is 4.32. The molecule has 13 heavy (non-hydrogen) atoms. The maximum Gasteiger partial charge on any atom is 0.217 e. The van der Waals surface area contributed by atoms with E-state index in [2.05, 4.69) is 12.6 Å². The van der Waals surface area contributed by atoms with E-state index >= 15 is 0 Å². The molecule has 0 aromatic rings. The van der Waals surface area contributed by atoms with Gasteiger partial charge in [-0.1, -0.05) is 0 Å². The van der Waals surface area contributed by atoms with Crippen molar-refractivity contribution in [1.29, 1.82) is 0 Å². The summed E-state index contributed by atoms with van der Waals surface area (Å²) in [6.45, 7) is 0. The van der Waals surface area contributed by atoms with Crippen molar-refractivity contribution in [3.63, 3.8) is 0 Å². The fourth-order valence-corrected chi connectivity index (χ4v) is 0.768. The van der Waals surface area contributed by atoms with Crippen LogP contribution in [0.1, 0.15) is 0 Å². The van der Waals surface area contributed by atoms with Gasteiger partial charge in [-0.15, -0.1) is 12.6 Å². The second-order valence-electron chi connectivity index (χ2n) is 2.39. The van der Waals surface area contributed by atoms with Gasteiger partial charge in [0.25, 0.3) is 0 Å². The molecule has 0 aromatic carbocycles. The molecule has 4 atom stereocenters. The van der Waals surface area contributed by atoms with Gasteiger partial charge in [0, 0.05) is 0 Å². The van der Waals surface area contributed by atoms with Crippen molar-refractivity contribution in [3.05, 3.63) is 0 Å². The lowest BCUT2D eigenvalue weighted by Crippen LogP contribution is -2.47. The molecule has 76 valence electrons. The van der Waals surface area contributed by atoms with E-state index in [0.717, 1.165) is 0 Å². The van der Waals surface area contributed by atoms with Crippen LogP contribution in [-0.2, 0) is 9.59 Å². The minimum atomic E-state index is -1.94. The van der Waals surface area contributed by atoms with Crippen LogP contribution >= 0.6 is 12.6 Å². The predicted molar refractivity (Wildman–Crippen MR) is 44.1 cm³/mol. The maximum atomic E-state index is 10.4. The van der Waals surface area contributed by atoms with Gasteiger partial charge in [0.15, 0.2) is 12.4 Å². The van der Waals surface area contributed by atoms with Gasteiger partial charge in [-0.3, -0.25) is 4.79 Å². The van der Waals surface area contributed by atoms with Gasteiger partial charge < -0.3 is 25.2 Å². The van der Waals surface area contributed by atoms with Crippen LogP contribution in [-0.4, -0.2) is 56.2 Å². The van der Waals surface area contributed by atoms with Crippen LogP contribution in [0.3, 0.4) is 0 Å². The molecule has 0 aliphatic carbocycles. The molecule has 0 fully saturated rings. The Labute approximate surface area is 79.2 Å². The molecular weight excluding hydrogens is 200 g/mol. The Morgan fingerprint density at radius 1 is 1.15 bits per heavy atom. The Morgan fingerprint density at radius 2 is 1.62 bits per heavy atom. The molecule has 0 saturated heterocycles. The molecular formula is C6H10O6S. The van der Waals surface area contributed by atoms with Gasteiger partial charge >= 0.3 is 0 Å². The minimum Gasteiger partial charge on any atom is -0.387 e. The van der Waals surface area contributed by atoms with Gasteiger partial charge in [-0.2, -0.15) is 0 Å². The molecule has 4 N–H and O–H groups in total. The Morgan fingerprint density at radius 3 is 1.92 bits per heavy atom. The van der Waals surface area contributed by atoms with E-state index in [0.29, 0.717) is 0 Å². The second kappa shape index (κ2) is 5.30. The minimum absolute atomic E-state index is 0.0242. The monoisotopic (exact) mass is 210 g/mol. The lowest BCUT2D eigenvalue weighted by molar-refractivity contribution is -0.142. The summed E-state index contributed by atoms with van der Waals surface area (Å²) in [6.07, 6.45) is -7.66. The summed E-state index contributed by atoms with van der Waals surface area (Å²) in [5.74, 6) is 0. The van der Waals surface area contributed by atoms with Gasteiger partial charge in [-0.25, -0.2) is 0 Å². The molecule has 6 nitrogen and oxygen atoms in total. The van der Waals surface area contributed by atoms with Crippen LogP contribution < -0.4 is 0 Å². The number of aliphatic hydroxyl groups excluding tert-OH is 4. The number of carbonyl (C=O) groups is 2. The number of rotatable bonds is 5. The first kappa shape index (κ1) is 12.5. The summed E-state index contributed by atoms with van der Waals surface area (Å²) in [4.78, 5) is 20.3. The zero-order valence-corrected chi connectivity index (χ0v) is 7.33. The molecule has 0 heterocycles. The average Bonchev–Trinajstić information content (AvgIpc) is 2.12. The zero-order valence-electron chi connectivity index (χ0n) is 6.44. The smallest absolute Gasteiger partial charge is 0.217 e. The molecule has 0 bridgehead atoms. The predicted octanol–water partition coefficient (Wildman–Crippen LogP) is -2.91. The highest BCUT2D eigenvalue weighted by Crippen LogP contribution is 2.06. The number of aldehydes is 1. The molecule has 0 aliphatic rings. The molecule has 0 aliphatic heterocycles. The molecule has 0 unspecified atom stereocenters.